The van der Waals surface area contributed by atoms with Crippen LogP contribution in [-0.2, 0) is 20.9 Å². The molecule has 2 aromatic carbocycles. The smallest absolute Gasteiger partial charge is 0.331 e. The van der Waals surface area contributed by atoms with Gasteiger partial charge in [-0.3, -0.25) is 14.9 Å². The number of amides is 1. The van der Waals surface area contributed by atoms with Crippen molar-refractivity contribution in [2.45, 2.75) is 6.54 Å². The normalized spacial score (nSPS) is 10.8. The summed E-state index contributed by atoms with van der Waals surface area (Å²) in [5.74, 6) is -1.14. The fourth-order valence-corrected chi connectivity index (χ4v) is 2.94. The second kappa shape index (κ2) is 10.4. The Hall–Kier alpha value is -3.98. The minimum Gasteiger partial charge on any atom is -0.452 e. The number of aromatic nitrogens is 2. The molecule has 0 spiro atoms. The summed E-state index contributed by atoms with van der Waals surface area (Å²) in [4.78, 5) is 35.9. The van der Waals surface area contributed by atoms with Gasteiger partial charge in [0.25, 0.3) is 11.6 Å². The summed E-state index contributed by atoms with van der Waals surface area (Å²) in [5, 5.41) is 15.2. The summed E-state index contributed by atoms with van der Waals surface area (Å²) in [6, 6.07) is 13.7. The van der Waals surface area contributed by atoms with Crippen LogP contribution < -0.4 is 0 Å². The van der Waals surface area contributed by atoms with Gasteiger partial charge in [0.05, 0.1) is 16.8 Å². The molecule has 0 fully saturated rings. The maximum Gasteiger partial charge on any atom is 0.331 e. The van der Waals surface area contributed by atoms with Crippen LogP contribution >= 0.6 is 11.6 Å². The van der Waals surface area contributed by atoms with Crippen molar-refractivity contribution in [1.82, 2.24) is 14.7 Å². The van der Waals surface area contributed by atoms with Crippen LogP contribution in [0.2, 0.25) is 5.02 Å². The van der Waals surface area contributed by atoms with E-state index in [1.165, 1.54) is 29.2 Å². The fraction of sp³-hybridized carbons (Fsp3) is 0.136. The second-order valence-electron chi connectivity index (χ2n) is 6.79. The lowest BCUT2D eigenvalue weighted by molar-refractivity contribution is -0.384. The van der Waals surface area contributed by atoms with E-state index < -0.39 is 17.5 Å². The molecule has 0 saturated heterocycles. The number of ether oxygens (including phenoxy) is 1. The number of likely N-dealkylation sites (N-methyl/N-ethyl adjacent to an activating group) is 1. The van der Waals surface area contributed by atoms with Gasteiger partial charge in [-0.1, -0.05) is 35.9 Å². The van der Waals surface area contributed by atoms with Gasteiger partial charge in [0, 0.05) is 37.5 Å². The molecule has 0 aliphatic rings. The van der Waals surface area contributed by atoms with E-state index >= 15 is 0 Å². The Labute approximate surface area is 188 Å². The van der Waals surface area contributed by atoms with Crippen molar-refractivity contribution in [2.24, 2.45) is 0 Å². The van der Waals surface area contributed by atoms with Crippen molar-refractivity contribution < 1.29 is 19.2 Å². The number of hydrogen-bond donors (Lipinski definition) is 0. The molecular weight excluding hydrogens is 436 g/mol. The first-order valence-electron chi connectivity index (χ1n) is 9.45. The number of carbonyl (C=O) groups is 2. The molecule has 3 rings (SSSR count). The number of halogens is 1. The summed E-state index contributed by atoms with van der Waals surface area (Å²) >= 11 is 5.75. The van der Waals surface area contributed by atoms with Gasteiger partial charge in [-0.25, -0.2) is 9.48 Å². The molecule has 0 atom stereocenters. The third kappa shape index (κ3) is 6.02. The lowest BCUT2D eigenvalue weighted by Crippen LogP contribution is -2.30. The number of carbonyl (C=O) groups excluding carboxylic acids is 2. The Kier molecular flexibility index (Phi) is 7.35. The van der Waals surface area contributed by atoms with Gasteiger partial charge >= 0.3 is 5.97 Å². The van der Waals surface area contributed by atoms with E-state index in [0.29, 0.717) is 12.1 Å². The van der Waals surface area contributed by atoms with Gasteiger partial charge in [-0.2, -0.15) is 5.10 Å². The second-order valence-corrected chi connectivity index (χ2v) is 7.19. The number of nitro groups is 1. The first kappa shape index (κ1) is 22.7. The molecule has 10 heteroatoms. The van der Waals surface area contributed by atoms with Crippen molar-refractivity contribution in [3.05, 3.63) is 93.3 Å². The van der Waals surface area contributed by atoms with Crippen molar-refractivity contribution in [2.75, 3.05) is 13.7 Å². The highest BCUT2D eigenvalue weighted by molar-refractivity contribution is 6.32. The van der Waals surface area contributed by atoms with Gasteiger partial charge in [0.2, 0.25) is 0 Å². The van der Waals surface area contributed by atoms with Gasteiger partial charge in [-0.15, -0.1) is 0 Å². The molecule has 0 N–H and O–H groups in total. The van der Waals surface area contributed by atoms with Crippen molar-refractivity contribution in [3.63, 3.8) is 0 Å². The van der Waals surface area contributed by atoms with Gasteiger partial charge in [-0.05, 0) is 29.8 Å². The summed E-state index contributed by atoms with van der Waals surface area (Å²) < 4.78 is 6.67. The van der Waals surface area contributed by atoms with E-state index in [-0.39, 0.29) is 16.6 Å². The first-order valence-corrected chi connectivity index (χ1v) is 9.83. The molecule has 32 heavy (non-hydrogen) atoms. The van der Waals surface area contributed by atoms with E-state index in [4.69, 9.17) is 16.3 Å². The molecule has 0 unspecified atom stereocenters. The zero-order valence-electron chi connectivity index (χ0n) is 17.1. The van der Waals surface area contributed by atoms with Crippen LogP contribution in [0.5, 0.6) is 0 Å². The highest BCUT2D eigenvalue weighted by Crippen LogP contribution is 2.25. The maximum absolute atomic E-state index is 12.3. The molecule has 0 radical (unpaired) electrons. The lowest BCUT2D eigenvalue weighted by atomic mass is 10.2. The number of esters is 1. The molecular formula is C22H19ClN4O5. The first-order chi connectivity index (χ1) is 15.3. The van der Waals surface area contributed by atoms with Gasteiger partial charge in [0.15, 0.2) is 6.61 Å². The largest absolute Gasteiger partial charge is 0.452 e. The Morgan fingerprint density at radius 3 is 2.72 bits per heavy atom. The zero-order chi connectivity index (χ0) is 23.1. The summed E-state index contributed by atoms with van der Waals surface area (Å²) in [6.07, 6.45) is 5.91. The molecule has 0 aliphatic carbocycles. The third-order valence-corrected chi connectivity index (χ3v) is 4.74. The predicted octanol–water partition coefficient (Wildman–Crippen LogP) is 3.65. The Balaban J connectivity index is 1.50. The topological polar surface area (TPSA) is 108 Å². The fourth-order valence-electron chi connectivity index (χ4n) is 2.75. The number of hydrogen-bond acceptors (Lipinski definition) is 6. The molecule has 9 nitrogen and oxygen atoms in total. The lowest BCUT2D eigenvalue weighted by Gasteiger charge is -2.15. The molecule has 1 aromatic heterocycles. The predicted molar refractivity (Wildman–Crippen MR) is 118 cm³/mol. The molecule has 0 bridgehead atoms. The average Bonchev–Trinajstić information content (AvgIpc) is 3.25. The molecule has 0 saturated carbocycles. The van der Waals surface area contributed by atoms with Crippen molar-refractivity contribution in [3.8, 4) is 5.69 Å². The Bertz CT molecular complexity index is 1160. The van der Waals surface area contributed by atoms with Gasteiger partial charge < -0.3 is 9.64 Å². The van der Waals surface area contributed by atoms with E-state index in [9.17, 15) is 19.7 Å². The highest BCUT2D eigenvalue weighted by atomic mass is 35.5. The monoisotopic (exact) mass is 454 g/mol. The number of nitro benzene ring substituents is 1. The summed E-state index contributed by atoms with van der Waals surface area (Å²) in [6.45, 7) is -0.138. The van der Waals surface area contributed by atoms with Crippen molar-refractivity contribution in [1.29, 1.82) is 0 Å². The van der Waals surface area contributed by atoms with Gasteiger partial charge in [0.1, 0.15) is 5.02 Å². The SMILES string of the molecule is CN(Cc1cnn(-c2ccccc2)c1)C(=O)COC(=O)C=Cc1ccc(Cl)c([N+](=O)[O-])c1. The third-order valence-electron chi connectivity index (χ3n) is 4.42. The minimum atomic E-state index is -0.749. The van der Waals surface area contributed by atoms with Crippen molar-refractivity contribution >= 4 is 35.2 Å². The Morgan fingerprint density at radius 1 is 1.25 bits per heavy atom. The minimum absolute atomic E-state index is 0.00216. The van der Waals surface area contributed by atoms with Crippen LogP contribution in [-0.4, -0.2) is 45.1 Å². The summed E-state index contributed by atoms with van der Waals surface area (Å²) in [7, 11) is 1.60. The van der Waals surface area contributed by atoms with Crippen LogP contribution in [0.1, 0.15) is 11.1 Å². The number of benzene rings is 2. The number of rotatable bonds is 8. The molecule has 164 valence electrons. The molecule has 0 aliphatic heterocycles. The van der Waals surface area contributed by atoms with Crippen LogP contribution in [0.4, 0.5) is 5.69 Å². The standard InChI is InChI=1S/C22H19ClN4O5/c1-25(13-17-12-24-26(14-17)18-5-3-2-4-6-18)21(28)15-32-22(29)10-8-16-7-9-19(23)20(11-16)27(30)31/h2-12,14H,13,15H2,1H3. The average molecular weight is 455 g/mol. The quantitative estimate of drug-likeness (QED) is 0.222. The van der Waals surface area contributed by atoms with Crippen LogP contribution in [0, 0.1) is 10.1 Å². The molecule has 1 heterocycles. The maximum atomic E-state index is 12.3. The van der Waals surface area contributed by atoms with Crippen LogP contribution in [0.15, 0.2) is 67.0 Å². The van der Waals surface area contributed by atoms with Crippen LogP contribution in [0.25, 0.3) is 11.8 Å². The molecule has 3 aromatic rings. The van der Waals surface area contributed by atoms with E-state index in [1.54, 1.807) is 17.9 Å². The number of para-hydroxylation sites is 1. The van der Waals surface area contributed by atoms with E-state index in [1.807, 2.05) is 36.5 Å². The highest BCUT2D eigenvalue weighted by Gasteiger charge is 2.14. The molecule has 1 amide bonds. The number of nitrogens with zero attached hydrogens (tertiary/aromatic N) is 4. The van der Waals surface area contributed by atoms with E-state index in [2.05, 4.69) is 5.10 Å². The Morgan fingerprint density at radius 2 is 2.00 bits per heavy atom. The van der Waals surface area contributed by atoms with E-state index in [0.717, 1.165) is 17.3 Å². The zero-order valence-corrected chi connectivity index (χ0v) is 17.8. The summed E-state index contributed by atoms with van der Waals surface area (Å²) in [5.41, 5.74) is 1.85. The van der Waals surface area contributed by atoms with Crippen LogP contribution in [0.3, 0.4) is 0 Å².